The molecule has 1 aromatic carbocycles. The van der Waals surface area contributed by atoms with Gasteiger partial charge in [0.15, 0.2) is 0 Å². The lowest BCUT2D eigenvalue weighted by Gasteiger charge is -2.34. The quantitative estimate of drug-likeness (QED) is 0.855. The van der Waals surface area contributed by atoms with Crippen LogP contribution in [0.15, 0.2) is 18.2 Å². The summed E-state index contributed by atoms with van der Waals surface area (Å²) in [5.41, 5.74) is 7.52. The molecule has 2 rings (SSSR count). The standard InChI is InChI=1S/C14H21FN2/c1-10-6-8-17(9-7-10)13-5-3-4-12(15)14(13)11(2)16/h3-5,10-11H,6-9,16H2,1-2H3/t11-/m0/s1. The molecule has 1 saturated heterocycles. The number of nitrogens with zero attached hydrogens (tertiary/aromatic N) is 1. The first-order chi connectivity index (χ1) is 8.09. The third kappa shape index (κ3) is 2.60. The second kappa shape index (κ2) is 5.05. The topological polar surface area (TPSA) is 29.3 Å². The average molecular weight is 236 g/mol. The first kappa shape index (κ1) is 12.4. The minimum absolute atomic E-state index is 0.184. The average Bonchev–Trinajstić information content (AvgIpc) is 2.29. The molecule has 0 amide bonds. The van der Waals surface area contributed by atoms with Crippen LogP contribution in [0.2, 0.25) is 0 Å². The number of benzene rings is 1. The molecule has 1 aliphatic rings. The van der Waals surface area contributed by atoms with Crippen LogP contribution in [0.5, 0.6) is 0 Å². The number of hydrogen-bond donors (Lipinski definition) is 1. The van der Waals surface area contributed by atoms with E-state index in [-0.39, 0.29) is 11.9 Å². The predicted octanol–water partition coefficient (Wildman–Crippen LogP) is 3.08. The Bertz CT molecular complexity index is 382. The van der Waals surface area contributed by atoms with Crippen LogP contribution in [0, 0.1) is 11.7 Å². The van der Waals surface area contributed by atoms with Crippen molar-refractivity contribution < 1.29 is 4.39 Å². The minimum atomic E-state index is -0.259. The molecule has 0 aliphatic carbocycles. The number of anilines is 1. The molecule has 0 saturated carbocycles. The smallest absolute Gasteiger partial charge is 0.130 e. The van der Waals surface area contributed by atoms with Gasteiger partial charge in [0.05, 0.1) is 0 Å². The molecule has 1 fully saturated rings. The molecule has 1 atom stereocenters. The van der Waals surface area contributed by atoms with E-state index in [1.165, 1.54) is 18.9 Å². The molecule has 17 heavy (non-hydrogen) atoms. The fourth-order valence-electron chi connectivity index (χ4n) is 2.50. The van der Waals surface area contributed by atoms with Gasteiger partial charge in [0.2, 0.25) is 0 Å². The molecule has 0 aromatic heterocycles. The van der Waals surface area contributed by atoms with Gasteiger partial charge in [-0.25, -0.2) is 4.39 Å². The van der Waals surface area contributed by atoms with Gasteiger partial charge in [-0.3, -0.25) is 0 Å². The van der Waals surface area contributed by atoms with Crippen molar-refractivity contribution >= 4 is 5.69 Å². The van der Waals surface area contributed by atoms with Crippen molar-refractivity contribution in [2.75, 3.05) is 18.0 Å². The molecule has 0 radical (unpaired) electrons. The van der Waals surface area contributed by atoms with Crippen LogP contribution >= 0.6 is 0 Å². The van der Waals surface area contributed by atoms with Gasteiger partial charge in [-0.1, -0.05) is 13.0 Å². The summed E-state index contributed by atoms with van der Waals surface area (Å²) in [5, 5.41) is 0. The Hall–Kier alpha value is -1.09. The van der Waals surface area contributed by atoms with Gasteiger partial charge in [-0.05, 0) is 37.8 Å². The molecule has 0 unspecified atom stereocenters. The first-order valence-corrected chi connectivity index (χ1v) is 6.38. The Morgan fingerprint density at radius 1 is 1.35 bits per heavy atom. The summed E-state index contributed by atoms with van der Waals surface area (Å²) >= 11 is 0. The fraction of sp³-hybridized carbons (Fsp3) is 0.571. The van der Waals surface area contributed by atoms with Crippen molar-refractivity contribution in [3.63, 3.8) is 0 Å². The third-order valence-electron chi connectivity index (χ3n) is 3.61. The molecule has 2 nitrogen and oxygen atoms in total. The Kier molecular flexibility index (Phi) is 3.67. The van der Waals surface area contributed by atoms with E-state index in [0.717, 1.165) is 24.7 Å². The Morgan fingerprint density at radius 3 is 2.59 bits per heavy atom. The van der Waals surface area contributed by atoms with Gasteiger partial charge in [-0.15, -0.1) is 0 Å². The maximum Gasteiger partial charge on any atom is 0.130 e. The van der Waals surface area contributed by atoms with E-state index < -0.39 is 0 Å². The van der Waals surface area contributed by atoms with Crippen molar-refractivity contribution in [1.82, 2.24) is 0 Å². The Balaban J connectivity index is 2.28. The third-order valence-corrected chi connectivity index (χ3v) is 3.61. The summed E-state index contributed by atoms with van der Waals surface area (Å²) in [4.78, 5) is 2.27. The van der Waals surface area contributed by atoms with E-state index >= 15 is 0 Å². The zero-order valence-corrected chi connectivity index (χ0v) is 10.6. The number of nitrogens with two attached hydrogens (primary N) is 1. The lowest BCUT2D eigenvalue weighted by Crippen LogP contribution is -2.34. The molecule has 0 spiro atoms. The highest BCUT2D eigenvalue weighted by Crippen LogP contribution is 2.30. The largest absolute Gasteiger partial charge is 0.371 e. The monoisotopic (exact) mass is 236 g/mol. The van der Waals surface area contributed by atoms with Gasteiger partial charge < -0.3 is 10.6 Å². The lowest BCUT2D eigenvalue weighted by molar-refractivity contribution is 0.436. The summed E-state index contributed by atoms with van der Waals surface area (Å²) in [7, 11) is 0. The van der Waals surface area contributed by atoms with E-state index in [9.17, 15) is 4.39 Å². The van der Waals surface area contributed by atoms with Gasteiger partial charge in [0, 0.05) is 30.4 Å². The summed E-state index contributed by atoms with van der Waals surface area (Å²) in [5.74, 6) is 0.592. The van der Waals surface area contributed by atoms with Gasteiger partial charge >= 0.3 is 0 Å². The predicted molar refractivity (Wildman–Crippen MR) is 69.6 cm³/mol. The molecular formula is C14H21FN2. The number of hydrogen-bond acceptors (Lipinski definition) is 2. The fourth-order valence-corrected chi connectivity index (χ4v) is 2.50. The molecule has 1 aromatic rings. The minimum Gasteiger partial charge on any atom is -0.371 e. The zero-order chi connectivity index (χ0) is 12.4. The SMILES string of the molecule is CC1CCN(c2cccc(F)c2[C@H](C)N)CC1. The summed E-state index contributed by atoms with van der Waals surface area (Å²) in [6.45, 7) is 6.12. The molecule has 2 N–H and O–H groups in total. The van der Waals surface area contributed by atoms with Gasteiger partial charge in [0.25, 0.3) is 0 Å². The van der Waals surface area contributed by atoms with Crippen LogP contribution in [0.3, 0.4) is 0 Å². The normalized spacial score (nSPS) is 19.4. The van der Waals surface area contributed by atoms with Crippen molar-refractivity contribution in [3.8, 4) is 0 Å². The first-order valence-electron chi connectivity index (χ1n) is 6.38. The van der Waals surface area contributed by atoms with E-state index in [2.05, 4.69) is 11.8 Å². The number of rotatable bonds is 2. The molecular weight excluding hydrogens is 215 g/mol. The van der Waals surface area contributed by atoms with Crippen LogP contribution < -0.4 is 10.6 Å². The van der Waals surface area contributed by atoms with E-state index in [1.54, 1.807) is 6.07 Å². The van der Waals surface area contributed by atoms with E-state index in [0.29, 0.717) is 5.56 Å². The summed E-state index contributed by atoms with van der Waals surface area (Å²) in [6.07, 6.45) is 2.35. The van der Waals surface area contributed by atoms with E-state index in [1.807, 2.05) is 13.0 Å². The van der Waals surface area contributed by atoms with Crippen molar-refractivity contribution in [3.05, 3.63) is 29.6 Å². The van der Waals surface area contributed by atoms with Crippen LogP contribution in [0.4, 0.5) is 10.1 Å². The highest BCUT2D eigenvalue weighted by Gasteiger charge is 2.21. The van der Waals surface area contributed by atoms with Crippen molar-refractivity contribution in [1.29, 1.82) is 0 Å². The molecule has 1 heterocycles. The van der Waals surface area contributed by atoms with Crippen LogP contribution in [0.25, 0.3) is 0 Å². The molecule has 1 aliphatic heterocycles. The van der Waals surface area contributed by atoms with Gasteiger partial charge in [-0.2, -0.15) is 0 Å². The lowest BCUT2D eigenvalue weighted by atomic mass is 9.97. The van der Waals surface area contributed by atoms with E-state index in [4.69, 9.17) is 5.73 Å². The van der Waals surface area contributed by atoms with Crippen LogP contribution in [-0.2, 0) is 0 Å². The Labute approximate surface area is 103 Å². The van der Waals surface area contributed by atoms with Crippen LogP contribution in [-0.4, -0.2) is 13.1 Å². The van der Waals surface area contributed by atoms with Crippen molar-refractivity contribution in [2.24, 2.45) is 11.7 Å². The Morgan fingerprint density at radius 2 is 2.00 bits per heavy atom. The van der Waals surface area contributed by atoms with Crippen molar-refractivity contribution in [2.45, 2.75) is 32.7 Å². The molecule has 3 heteroatoms. The van der Waals surface area contributed by atoms with Gasteiger partial charge in [0.1, 0.15) is 5.82 Å². The second-order valence-electron chi connectivity index (χ2n) is 5.13. The number of halogens is 1. The summed E-state index contributed by atoms with van der Waals surface area (Å²) in [6, 6.07) is 4.99. The maximum absolute atomic E-state index is 13.8. The summed E-state index contributed by atoms with van der Waals surface area (Å²) < 4.78 is 13.8. The maximum atomic E-state index is 13.8. The molecule has 0 bridgehead atoms. The zero-order valence-electron chi connectivity index (χ0n) is 10.6. The number of piperidine rings is 1. The van der Waals surface area contributed by atoms with Crippen LogP contribution in [0.1, 0.15) is 38.3 Å². The highest BCUT2D eigenvalue weighted by molar-refractivity contribution is 5.55. The second-order valence-corrected chi connectivity index (χ2v) is 5.13. The molecule has 94 valence electrons. The highest BCUT2D eigenvalue weighted by atomic mass is 19.1.